The van der Waals surface area contributed by atoms with E-state index in [2.05, 4.69) is 11.1 Å². The summed E-state index contributed by atoms with van der Waals surface area (Å²) in [7, 11) is 0. The molecule has 0 radical (unpaired) electrons. The van der Waals surface area contributed by atoms with Crippen molar-refractivity contribution in [1.82, 2.24) is 9.55 Å². The number of aliphatic hydroxyl groups excluding tert-OH is 1. The van der Waals surface area contributed by atoms with E-state index in [9.17, 15) is 5.11 Å². The summed E-state index contributed by atoms with van der Waals surface area (Å²) < 4.78 is 1.93. The molecule has 3 nitrogen and oxygen atoms in total. The van der Waals surface area contributed by atoms with E-state index in [1.54, 1.807) is 0 Å². The van der Waals surface area contributed by atoms with Crippen molar-refractivity contribution in [2.45, 2.75) is 44.2 Å². The molecule has 2 heterocycles. The maximum Gasteiger partial charge on any atom is 0.158 e. The Balaban J connectivity index is 1.84. The highest BCUT2D eigenvalue weighted by Gasteiger charge is 2.32. The van der Waals surface area contributed by atoms with Gasteiger partial charge in [-0.2, -0.15) is 0 Å². The molecule has 1 fully saturated rings. The van der Waals surface area contributed by atoms with Crippen LogP contribution in [-0.2, 0) is 0 Å². The van der Waals surface area contributed by atoms with Crippen LogP contribution in [0.4, 0.5) is 0 Å². The maximum absolute atomic E-state index is 10.4. The summed E-state index contributed by atoms with van der Waals surface area (Å²) in [4.78, 5) is 4.61. The van der Waals surface area contributed by atoms with Gasteiger partial charge in [-0.25, -0.2) is 4.98 Å². The van der Waals surface area contributed by atoms with Crippen molar-refractivity contribution in [2.75, 3.05) is 0 Å². The molecule has 0 spiro atoms. The number of hydrogen-bond acceptors (Lipinski definition) is 2. The van der Waals surface area contributed by atoms with Gasteiger partial charge in [0.05, 0.1) is 17.7 Å². The minimum Gasteiger partial charge on any atom is -0.369 e. The molecule has 1 aliphatic carbocycles. The molecule has 4 rings (SSSR count). The van der Waals surface area contributed by atoms with Crippen LogP contribution in [0.3, 0.4) is 0 Å². The minimum atomic E-state index is -0.559. The van der Waals surface area contributed by atoms with Gasteiger partial charge in [0.15, 0.2) is 6.23 Å². The second kappa shape index (κ2) is 4.20. The maximum atomic E-state index is 10.4. The molecular weight excluding hydrogens is 236 g/mol. The monoisotopic (exact) mass is 254 g/mol. The van der Waals surface area contributed by atoms with E-state index in [4.69, 9.17) is 0 Å². The highest BCUT2D eigenvalue weighted by Crippen LogP contribution is 2.44. The van der Waals surface area contributed by atoms with Crippen molar-refractivity contribution >= 4 is 0 Å². The fourth-order valence-corrected chi connectivity index (χ4v) is 3.60. The zero-order valence-electron chi connectivity index (χ0n) is 10.9. The lowest BCUT2D eigenvalue weighted by atomic mass is 9.85. The lowest BCUT2D eigenvalue weighted by Crippen LogP contribution is -2.06. The Morgan fingerprint density at radius 1 is 1.11 bits per heavy atom. The summed E-state index contributed by atoms with van der Waals surface area (Å²) in [6, 6.07) is 8.14. The first kappa shape index (κ1) is 11.2. The normalized spacial score (nSPS) is 22.3. The molecule has 0 amide bonds. The van der Waals surface area contributed by atoms with Crippen molar-refractivity contribution in [3.05, 3.63) is 41.9 Å². The van der Waals surface area contributed by atoms with E-state index in [1.807, 2.05) is 29.1 Å². The van der Waals surface area contributed by atoms with Crippen molar-refractivity contribution in [3.8, 4) is 11.3 Å². The van der Waals surface area contributed by atoms with Crippen molar-refractivity contribution < 1.29 is 5.11 Å². The van der Waals surface area contributed by atoms with E-state index in [1.165, 1.54) is 37.8 Å². The first-order valence-electron chi connectivity index (χ1n) is 7.20. The fourth-order valence-electron chi connectivity index (χ4n) is 3.60. The van der Waals surface area contributed by atoms with Gasteiger partial charge in [-0.05, 0) is 12.8 Å². The van der Waals surface area contributed by atoms with E-state index in [0.29, 0.717) is 5.92 Å². The molecule has 1 N–H and O–H groups in total. The summed E-state index contributed by atoms with van der Waals surface area (Å²) >= 11 is 0. The molecule has 1 unspecified atom stereocenters. The third kappa shape index (κ3) is 1.58. The Morgan fingerprint density at radius 3 is 2.74 bits per heavy atom. The van der Waals surface area contributed by atoms with Gasteiger partial charge < -0.3 is 5.11 Å². The average Bonchev–Trinajstić information content (AvgIpc) is 3.02. The quantitative estimate of drug-likeness (QED) is 0.846. The van der Waals surface area contributed by atoms with Gasteiger partial charge in [0.1, 0.15) is 0 Å². The molecule has 1 aliphatic heterocycles. The smallest absolute Gasteiger partial charge is 0.158 e. The Morgan fingerprint density at radius 2 is 1.89 bits per heavy atom. The first-order chi connectivity index (χ1) is 9.36. The van der Waals surface area contributed by atoms with Gasteiger partial charge in [-0.3, -0.25) is 4.57 Å². The summed E-state index contributed by atoms with van der Waals surface area (Å²) in [5, 5.41) is 10.4. The van der Waals surface area contributed by atoms with Crippen LogP contribution in [0.25, 0.3) is 11.3 Å². The lowest BCUT2D eigenvalue weighted by molar-refractivity contribution is 0.154. The summed E-state index contributed by atoms with van der Waals surface area (Å²) in [5.74, 6) is 0.573. The molecule has 0 bridgehead atoms. The predicted molar refractivity (Wildman–Crippen MR) is 73.8 cm³/mol. The van der Waals surface area contributed by atoms with Crippen LogP contribution in [0, 0.1) is 0 Å². The SMILES string of the molecule is OC1c2ccccc2-c2c(C3CCCCC3)ncn21. The molecule has 19 heavy (non-hydrogen) atoms. The highest BCUT2D eigenvalue weighted by atomic mass is 16.3. The van der Waals surface area contributed by atoms with Gasteiger partial charge in [-0.1, -0.05) is 43.5 Å². The van der Waals surface area contributed by atoms with E-state index >= 15 is 0 Å². The van der Waals surface area contributed by atoms with E-state index < -0.39 is 6.23 Å². The number of aromatic nitrogens is 2. The Hall–Kier alpha value is -1.61. The zero-order chi connectivity index (χ0) is 12.8. The number of aliphatic hydroxyl groups is 1. The van der Waals surface area contributed by atoms with Gasteiger partial charge >= 0.3 is 0 Å². The molecule has 1 aromatic carbocycles. The Labute approximate surface area is 112 Å². The minimum absolute atomic E-state index is 0.559. The van der Waals surface area contributed by atoms with Gasteiger partial charge in [0, 0.05) is 17.0 Å². The summed E-state index contributed by atoms with van der Waals surface area (Å²) in [5.41, 5.74) is 4.52. The second-order valence-corrected chi connectivity index (χ2v) is 5.68. The van der Waals surface area contributed by atoms with Crippen LogP contribution in [0.1, 0.15) is 55.5 Å². The lowest BCUT2D eigenvalue weighted by Gasteiger charge is -2.20. The van der Waals surface area contributed by atoms with Crippen molar-refractivity contribution in [1.29, 1.82) is 0 Å². The fraction of sp³-hybridized carbons (Fsp3) is 0.438. The van der Waals surface area contributed by atoms with Crippen LogP contribution in [0.2, 0.25) is 0 Å². The molecule has 98 valence electrons. The summed E-state index contributed by atoms with van der Waals surface area (Å²) in [6.45, 7) is 0. The van der Waals surface area contributed by atoms with Crippen molar-refractivity contribution in [2.24, 2.45) is 0 Å². The molecule has 2 aromatic rings. The molecule has 1 saturated carbocycles. The summed E-state index contributed by atoms with van der Waals surface area (Å²) in [6.07, 6.45) is 7.69. The number of benzene rings is 1. The van der Waals surface area contributed by atoms with E-state index in [-0.39, 0.29) is 0 Å². The van der Waals surface area contributed by atoms with Gasteiger partial charge in [-0.15, -0.1) is 0 Å². The average molecular weight is 254 g/mol. The van der Waals surface area contributed by atoms with Crippen LogP contribution in [0.15, 0.2) is 30.6 Å². The number of fused-ring (bicyclic) bond motifs is 3. The van der Waals surface area contributed by atoms with Crippen LogP contribution in [0.5, 0.6) is 0 Å². The van der Waals surface area contributed by atoms with Crippen LogP contribution < -0.4 is 0 Å². The largest absolute Gasteiger partial charge is 0.369 e. The third-order valence-corrected chi connectivity index (χ3v) is 4.57. The Bertz CT molecular complexity index is 611. The van der Waals surface area contributed by atoms with E-state index in [0.717, 1.165) is 16.8 Å². The highest BCUT2D eigenvalue weighted by molar-refractivity contribution is 5.71. The number of hydrogen-bond donors (Lipinski definition) is 1. The van der Waals surface area contributed by atoms with Crippen molar-refractivity contribution in [3.63, 3.8) is 0 Å². The predicted octanol–water partition coefficient (Wildman–Crippen LogP) is 3.45. The molecule has 0 saturated heterocycles. The van der Waals surface area contributed by atoms with Crippen LogP contribution >= 0.6 is 0 Å². The standard InChI is InChI=1S/C16H18N2O/c19-16-13-9-5-4-8-12(13)15-14(17-10-18(15)16)11-6-2-1-3-7-11/h4-5,8-11,16,19H,1-3,6-7H2. The molecule has 3 heteroatoms. The zero-order valence-corrected chi connectivity index (χ0v) is 10.9. The number of imidazole rings is 1. The Kier molecular flexibility index (Phi) is 2.49. The first-order valence-corrected chi connectivity index (χ1v) is 7.20. The second-order valence-electron chi connectivity index (χ2n) is 5.68. The molecule has 2 aliphatic rings. The number of nitrogens with zero attached hydrogens (tertiary/aromatic N) is 2. The molecule has 1 aromatic heterocycles. The third-order valence-electron chi connectivity index (χ3n) is 4.57. The molecular formula is C16H18N2O. The van der Waals surface area contributed by atoms with Gasteiger partial charge in [0.25, 0.3) is 0 Å². The number of rotatable bonds is 1. The van der Waals surface area contributed by atoms with Crippen LogP contribution in [-0.4, -0.2) is 14.7 Å². The molecule has 1 atom stereocenters. The topological polar surface area (TPSA) is 38.1 Å². The van der Waals surface area contributed by atoms with Gasteiger partial charge in [0.2, 0.25) is 0 Å².